The topological polar surface area (TPSA) is 27.7 Å². The van der Waals surface area contributed by atoms with Crippen LogP contribution in [0.25, 0.3) is 0 Å². The highest BCUT2D eigenvalue weighted by molar-refractivity contribution is 4.86. The standard InChI is InChI=1S/C8H14O3/c1-6(2)8-3-9-7(10-4-8)11-5-8/h6-7H,3-5H2,1-2H3. The summed E-state index contributed by atoms with van der Waals surface area (Å²) in [6.45, 7) is 6.35. The fourth-order valence-corrected chi connectivity index (χ4v) is 1.47. The van der Waals surface area contributed by atoms with Crippen LogP contribution in [0.4, 0.5) is 0 Å². The van der Waals surface area contributed by atoms with Gasteiger partial charge in [0.1, 0.15) is 0 Å². The van der Waals surface area contributed by atoms with E-state index in [4.69, 9.17) is 14.2 Å². The Kier molecular flexibility index (Phi) is 1.67. The zero-order valence-corrected chi connectivity index (χ0v) is 7.00. The van der Waals surface area contributed by atoms with Crippen LogP contribution >= 0.6 is 0 Å². The van der Waals surface area contributed by atoms with Crippen LogP contribution in [0.3, 0.4) is 0 Å². The second-order valence-electron chi connectivity index (χ2n) is 3.74. The van der Waals surface area contributed by atoms with Gasteiger partial charge in [-0.15, -0.1) is 0 Å². The van der Waals surface area contributed by atoms with Gasteiger partial charge in [0, 0.05) is 5.41 Å². The van der Waals surface area contributed by atoms with E-state index < -0.39 is 0 Å². The highest BCUT2D eigenvalue weighted by atomic mass is 16.9. The van der Waals surface area contributed by atoms with Crippen molar-refractivity contribution in [1.29, 1.82) is 0 Å². The van der Waals surface area contributed by atoms with Crippen LogP contribution in [0, 0.1) is 11.3 Å². The predicted octanol–water partition coefficient (Wildman–Crippen LogP) is 0.989. The molecule has 0 radical (unpaired) electrons. The first-order valence-corrected chi connectivity index (χ1v) is 4.08. The molecule has 0 amide bonds. The molecular formula is C8H14O3. The van der Waals surface area contributed by atoms with Crippen molar-refractivity contribution < 1.29 is 14.2 Å². The molecule has 64 valence electrons. The third-order valence-corrected chi connectivity index (χ3v) is 2.75. The van der Waals surface area contributed by atoms with E-state index in [0.717, 1.165) is 19.8 Å². The molecule has 3 nitrogen and oxygen atoms in total. The number of ether oxygens (including phenoxy) is 3. The van der Waals surface area contributed by atoms with Gasteiger partial charge in [-0.2, -0.15) is 0 Å². The van der Waals surface area contributed by atoms with Crippen LogP contribution < -0.4 is 0 Å². The van der Waals surface area contributed by atoms with E-state index in [1.54, 1.807) is 0 Å². The Balaban J connectivity index is 2.12. The predicted molar refractivity (Wildman–Crippen MR) is 38.9 cm³/mol. The maximum atomic E-state index is 5.30. The lowest BCUT2D eigenvalue weighted by Crippen LogP contribution is -2.54. The molecule has 0 aromatic rings. The minimum absolute atomic E-state index is 0.120. The summed E-state index contributed by atoms with van der Waals surface area (Å²) in [6.07, 6.45) is 0. The van der Waals surface area contributed by atoms with Crippen molar-refractivity contribution in [2.75, 3.05) is 19.8 Å². The summed E-state index contributed by atoms with van der Waals surface area (Å²) in [5.41, 5.74) is 0.120. The van der Waals surface area contributed by atoms with Gasteiger partial charge in [-0.1, -0.05) is 13.8 Å². The van der Waals surface area contributed by atoms with E-state index >= 15 is 0 Å². The number of rotatable bonds is 1. The average Bonchev–Trinajstić information content (AvgIpc) is 2.08. The Labute approximate surface area is 66.6 Å². The molecule has 0 saturated carbocycles. The highest BCUT2D eigenvalue weighted by Crippen LogP contribution is 2.37. The lowest BCUT2D eigenvalue weighted by Gasteiger charge is -2.47. The fraction of sp³-hybridized carbons (Fsp3) is 1.00. The Morgan fingerprint density at radius 1 is 1.09 bits per heavy atom. The van der Waals surface area contributed by atoms with E-state index in [1.807, 2.05) is 0 Å². The molecule has 0 N–H and O–H groups in total. The second-order valence-corrected chi connectivity index (χ2v) is 3.74. The van der Waals surface area contributed by atoms with Crippen LogP contribution in [-0.4, -0.2) is 26.3 Å². The molecular weight excluding hydrogens is 144 g/mol. The molecule has 3 heteroatoms. The Bertz CT molecular complexity index is 134. The van der Waals surface area contributed by atoms with E-state index in [1.165, 1.54) is 0 Å². The zero-order chi connectivity index (χ0) is 7.90. The molecule has 3 heterocycles. The third-order valence-electron chi connectivity index (χ3n) is 2.75. The SMILES string of the molecule is CC(C)C12COC(OC1)OC2. The minimum Gasteiger partial charge on any atom is -0.329 e. The van der Waals surface area contributed by atoms with Gasteiger partial charge in [0.05, 0.1) is 19.8 Å². The van der Waals surface area contributed by atoms with Gasteiger partial charge >= 0.3 is 0 Å². The summed E-state index contributed by atoms with van der Waals surface area (Å²) in [6, 6.07) is 0. The molecule has 3 fully saturated rings. The molecule has 3 aliphatic rings. The summed E-state index contributed by atoms with van der Waals surface area (Å²) in [5.74, 6) is 0.559. The van der Waals surface area contributed by atoms with Crippen LogP contribution in [0.1, 0.15) is 13.8 Å². The Hall–Kier alpha value is -0.120. The summed E-state index contributed by atoms with van der Waals surface area (Å²) < 4.78 is 15.9. The zero-order valence-electron chi connectivity index (χ0n) is 7.00. The molecule has 0 unspecified atom stereocenters. The molecule has 3 saturated heterocycles. The lowest BCUT2D eigenvalue weighted by atomic mass is 9.78. The molecule has 0 atom stereocenters. The van der Waals surface area contributed by atoms with Crippen LogP contribution in [0.2, 0.25) is 0 Å². The number of hydrogen-bond donors (Lipinski definition) is 0. The van der Waals surface area contributed by atoms with E-state index in [2.05, 4.69) is 13.8 Å². The quantitative estimate of drug-likeness (QED) is 0.569. The van der Waals surface area contributed by atoms with Crippen molar-refractivity contribution in [3.8, 4) is 0 Å². The fourth-order valence-electron chi connectivity index (χ4n) is 1.47. The highest BCUT2D eigenvalue weighted by Gasteiger charge is 2.45. The molecule has 0 spiro atoms. The average molecular weight is 158 g/mol. The molecule has 11 heavy (non-hydrogen) atoms. The van der Waals surface area contributed by atoms with Gasteiger partial charge in [0.15, 0.2) is 0 Å². The van der Waals surface area contributed by atoms with Gasteiger partial charge in [0.2, 0.25) is 0 Å². The first-order valence-electron chi connectivity index (χ1n) is 4.08. The first kappa shape index (κ1) is 7.53. The largest absolute Gasteiger partial charge is 0.329 e. The van der Waals surface area contributed by atoms with Crippen molar-refractivity contribution in [3.05, 3.63) is 0 Å². The maximum absolute atomic E-state index is 5.30. The van der Waals surface area contributed by atoms with Crippen LogP contribution in [0.5, 0.6) is 0 Å². The molecule has 0 aliphatic carbocycles. The van der Waals surface area contributed by atoms with Crippen molar-refractivity contribution in [3.63, 3.8) is 0 Å². The lowest BCUT2D eigenvalue weighted by molar-refractivity contribution is -0.401. The number of hydrogen-bond acceptors (Lipinski definition) is 3. The molecule has 2 bridgehead atoms. The van der Waals surface area contributed by atoms with Crippen molar-refractivity contribution in [2.45, 2.75) is 20.3 Å². The minimum atomic E-state index is -0.379. The summed E-state index contributed by atoms with van der Waals surface area (Å²) in [4.78, 5) is 0. The maximum Gasteiger partial charge on any atom is 0.271 e. The molecule has 0 aromatic heterocycles. The summed E-state index contributed by atoms with van der Waals surface area (Å²) in [5, 5.41) is 0. The van der Waals surface area contributed by atoms with Crippen molar-refractivity contribution in [2.24, 2.45) is 11.3 Å². The number of fused-ring (bicyclic) bond motifs is 3. The van der Waals surface area contributed by atoms with Crippen LogP contribution in [0.15, 0.2) is 0 Å². The molecule has 3 aliphatic heterocycles. The molecule has 3 rings (SSSR count). The summed E-state index contributed by atoms with van der Waals surface area (Å²) in [7, 11) is 0. The van der Waals surface area contributed by atoms with E-state index in [9.17, 15) is 0 Å². The third kappa shape index (κ3) is 1.08. The van der Waals surface area contributed by atoms with Gasteiger partial charge in [0.25, 0.3) is 6.48 Å². The smallest absolute Gasteiger partial charge is 0.271 e. The first-order chi connectivity index (χ1) is 5.23. The second kappa shape index (κ2) is 2.44. The Morgan fingerprint density at radius 2 is 1.55 bits per heavy atom. The monoisotopic (exact) mass is 158 g/mol. The summed E-state index contributed by atoms with van der Waals surface area (Å²) >= 11 is 0. The molecule has 0 aromatic carbocycles. The van der Waals surface area contributed by atoms with Crippen molar-refractivity contribution in [1.82, 2.24) is 0 Å². The van der Waals surface area contributed by atoms with E-state index in [-0.39, 0.29) is 11.9 Å². The van der Waals surface area contributed by atoms with Crippen LogP contribution in [-0.2, 0) is 14.2 Å². The van der Waals surface area contributed by atoms with Gasteiger partial charge in [-0.25, -0.2) is 0 Å². The van der Waals surface area contributed by atoms with Gasteiger partial charge in [-0.05, 0) is 5.92 Å². The van der Waals surface area contributed by atoms with E-state index in [0.29, 0.717) is 5.92 Å². The Morgan fingerprint density at radius 3 is 1.82 bits per heavy atom. The normalized spacial score (nSPS) is 43.4. The van der Waals surface area contributed by atoms with Gasteiger partial charge in [-0.3, -0.25) is 0 Å². The van der Waals surface area contributed by atoms with Gasteiger partial charge < -0.3 is 14.2 Å². The van der Waals surface area contributed by atoms with Crippen molar-refractivity contribution >= 4 is 0 Å².